The average Bonchev–Trinajstić information content (AvgIpc) is 2.71. The van der Waals surface area contributed by atoms with E-state index in [1.807, 2.05) is 48.2 Å². The summed E-state index contributed by atoms with van der Waals surface area (Å²) in [6.45, 7) is 4.39. The molecular formula is C23H23NO3. The summed E-state index contributed by atoms with van der Waals surface area (Å²) in [5.41, 5.74) is 2.09. The zero-order valence-corrected chi connectivity index (χ0v) is 15.5. The summed E-state index contributed by atoms with van der Waals surface area (Å²) in [6, 6.07) is 20.3. The lowest BCUT2D eigenvalue weighted by Crippen LogP contribution is -2.31. The number of carbonyl (C=O) groups excluding carboxylic acids is 1. The number of hydrogen-bond donors (Lipinski definition) is 0. The molecule has 0 saturated heterocycles. The fourth-order valence-corrected chi connectivity index (χ4v) is 3.42. The maximum absolute atomic E-state index is 12.8. The zero-order valence-electron chi connectivity index (χ0n) is 15.5. The van der Waals surface area contributed by atoms with Gasteiger partial charge in [0, 0.05) is 13.1 Å². The minimum absolute atomic E-state index is 0.127. The van der Waals surface area contributed by atoms with Gasteiger partial charge in [-0.05, 0) is 41.0 Å². The van der Waals surface area contributed by atoms with E-state index in [1.165, 1.54) is 5.39 Å². The Morgan fingerprint density at radius 2 is 1.63 bits per heavy atom. The first kappa shape index (κ1) is 17.4. The molecule has 3 aromatic rings. The van der Waals surface area contributed by atoms with Gasteiger partial charge < -0.3 is 14.4 Å². The zero-order chi connectivity index (χ0) is 18.6. The molecule has 0 unspecified atom stereocenters. The van der Waals surface area contributed by atoms with Crippen molar-refractivity contribution in [3.63, 3.8) is 0 Å². The minimum atomic E-state index is 0.127. The monoisotopic (exact) mass is 361 g/mol. The summed E-state index contributed by atoms with van der Waals surface area (Å²) in [7, 11) is 0. The number of hydrogen-bond acceptors (Lipinski definition) is 3. The molecule has 0 saturated carbocycles. The van der Waals surface area contributed by atoms with Gasteiger partial charge in [0.05, 0.1) is 6.42 Å². The van der Waals surface area contributed by atoms with Crippen LogP contribution in [0.25, 0.3) is 10.8 Å². The van der Waals surface area contributed by atoms with E-state index in [9.17, 15) is 4.79 Å². The molecule has 0 bridgehead atoms. The van der Waals surface area contributed by atoms with E-state index in [0.29, 0.717) is 32.7 Å². The molecule has 1 aliphatic heterocycles. The molecule has 27 heavy (non-hydrogen) atoms. The number of carbonyl (C=O) groups is 1. The number of likely N-dealkylation sites (N-methyl/N-ethyl adjacent to an activating group) is 1. The number of nitrogens with zero attached hydrogens (tertiary/aromatic N) is 1. The van der Waals surface area contributed by atoms with Crippen LogP contribution in [0.3, 0.4) is 0 Å². The number of rotatable bonds is 5. The summed E-state index contributed by atoms with van der Waals surface area (Å²) in [5, 5.41) is 2.36. The normalized spacial score (nSPS) is 12.8. The van der Waals surface area contributed by atoms with Gasteiger partial charge in [0.1, 0.15) is 13.2 Å². The van der Waals surface area contributed by atoms with E-state index < -0.39 is 0 Å². The van der Waals surface area contributed by atoms with E-state index in [4.69, 9.17) is 9.47 Å². The van der Waals surface area contributed by atoms with Crippen molar-refractivity contribution in [2.24, 2.45) is 0 Å². The van der Waals surface area contributed by atoms with Gasteiger partial charge in [-0.15, -0.1) is 0 Å². The molecule has 0 aliphatic carbocycles. The van der Waals surface area contributed by atoms with Gasteiger partial charge in [-0.1, -0.05) is 48.5 Å². The second-order valence-electron chi connectivity index (χ2n) is 6.74. The molecule has 1 heterocycles. The van der Waals surface area contributed by atoms with Crippen molar-refractivity contribution in [1.29, 1.82) is 0 Å². The van der Waals surface area contributed by atoms with E-state index in [0.717, 1.165) is 28.0 Å². The van der Waals surface area contributed by atoms with E-state index in [2.05, 4.69) is 24.3 Å². The maximum atomic E-state index is 12.8. The maximum Gasteiger partial charge on any atom is 0.227 e. The predicted octanol–water partition coefficient (Wildman–Crippen LogP) is 4.20. The predicted molar refractivity (Wildman–Crippen MR) is 106 cm³/mol. The van der Waals surface area contributed by atoms with Crippen molar-refractivity contribution < 1.29 is 14.3 Å². The molecule has 4 heteroatoms. The Kier molecular flexibility index (Phi) is 4.97. The van der Waals surface area contributed by atoms with Crippen LogP contribution >= 0.6 is 0 Å². The van der Waals surface area contributed by atoms with Gasteiger partial charge in [-0.3, -0.25) is 4.79 Å². The molecule has 0 aromatic heterocycles. The molecule has 0 N–H and O–H groups in total. The standard InChI is InChI=1S/C23H23NO3/c1-2-24(16-18-8-10-21-22(14-18)27-12-11-26-21)23(25)15-17-7-9-19-5-3-4-6-20(19)13-17/h3-10,13-14H,2,11-12,15-16H2,1H3. The first-order valence-corrected chi connectivity index (χ1v) is 9.37. The topological polar surface area (TPSA) is 38.8 Å². The van der Waals surface area contributed by atoms with Crippen molar-refractivity contribution in [2.75, 3.05) is 19.8 Å². The molecule has 4 rings (SSSR count). The molecule has 1 aliphatic rings. The Balaban J connectivity index is 1.47. The van der Waals surface area contributed by atoms with Crippen molar-refractivity contribution >= 4 is 16.7 Å². The Labute approximate surface area is 159 Å². The Bertz CT molecular complexity index is 967. The smallest absolute Gasteiger partial charge is 0.227 e. The molecule has 0 radical (unpaired) electrons. The lowest BCUT2D eigenvalue weighted by Gasteiger charge is -2.23. The fourth-order valence-electron chi connectivity index (χ4n) is 3.42. The molecule has 1 amide bonds. The summed E-state index contributed by atoms with van der Waals surface area (Å²) in [6.07, 6.45) is 0.406. The summed E-state index contributed by atoms with van der Waals surface area (Å²) in [5.74, 6) is 1.66. The first-order valence-electron chi connectivity index (χ1n) is 9.37. The third-order valence-corrected chi connectivity index (χ3v) is 4.88. The Morgan fingerprint density at radius 3 is 2.44 bits per heavy atom. The summed E-state index contributed by atoms with van der Waals surface area (Å²) < 4.78 is 11.2. The van der Waals surface area contributed by atoms with Gasteiger partial charge >= 0.3 is 0 Å². The quantitative estimate of drug-likeness (QED) is 0.684. The van der Waals surface area contributed by atoms with Crippen molar-refractivity contribution in [1.82, 2.24) is 4.90 Å². The van der Waals surface area contributed by atoms with E-state index in [-0.39, 0.29) is 5.91 Å². The van der Waals surface area contributed by atoms with Crippen molar-refractivity contribution in [2.45, 2.75) is 19.9 Å². The van der Waals surface area contributed by atoms with Gasteiger partial charge in [0.15, 0.2) is 11.5 Å². The number of ether oxygens (including phenoxy) is 2. The van der Waals surface area contributed by atoms with Crippen molar-refractivity contribution in [3.05, 3.63) is 71.8 Å². The van der Waals surface area contributed by atoms with Crippen LogP contribution in [0.1, 0.15) is 18.1 Å². The Hall–Kier alpha value is -3.01. The highest BCUT2D eigenvalue weighted by molar-refractivity contribution is 5.85. The van der Waals surface area contributed by atoms with Crippen molar-refractivity contribution in [3.8, 4) is 11.5 Å². The van der Waals surface area contributed by atoms with E-state index in [1.54, 1.807) is 0 Å². The minimum Gasteiger partial charge on any atom is -0.486 e. The molecule has 0 fully saturated rings. The molecule has 4 nitrogen and oxygen atoms in total. The fraction of sp³-hybridized carbons (Fsp3) is 0.261. The average molecular weight is 361 g/mol. The Morgan fingerprint density at radius 1 is 0.889 bits per heavy atom. The SMILES string of the molecule is CCN(Cc1ccc2c(c1)OCCO2)C(=O)Cc1ccc2ccccc2c1. The molecule has 0 spiro atoms. The van der Waals surface area contributed by atoms with Crippen LogP contribution in [0.5, 0.6) is 11.5 Å². The second kappa shape index (κ2) is 7.70. The third-order valence-electron chi connectivity index (χ3n) is 4.88. The summed E-state index contributed by atoms with van der Waals surface area (Å²) in [4.78, 5) is 14.7. The third kappa shape index (κ3) is 3.90. The van der Waals surface area contributed by atoms with Crippen LogP contribution in [-0.4, -0.2) is 30.6 Å². The van der Waals surface area contributed by atoms with Gasteiger partial charge in [0.2, 0.25) is 5.91 Å². The van der Waals surface area contributed by atoms with Crippen LogP contribution in [0.15, 0.2) is 60.7 Å². The number of amides is 1. The molecule has 3 aromatic carbocycles. The second-order valence-corrected chi connectivity index (χ2v) is 6.74. The van der Waals surface area contributed by atoms with Gasteiger partial charge in [-0.25, -0.2) is 0 Å². The van der Waals surface area contributed by atoms with E-state index >= 15 is 0 Å². The van der Waals surface area contributed by atoms with Crippen LogP contribution in [0.4, 0.5) is 0 Å². The number of benzene rings is 3. The largest absolute Gasteiger partial charge is 0.486 e. The number of fused-ring (bicyclic) bond motifs is 2. The van der Waals surface area contributed by atoms with Crippen LogP contribution in [0, 0.1) is 0 Å². The molecule has 0 atom stereocenters. The van der Waals surface area contributed by atoms with Gasteiger partial charge in [-0.2, -0.15) is 0 Å². The highest BCUT2D eigenvalue weighted by Gasteiger charge is 2.16. The molecule has 138 valence electrons. The summed E-state index contributed by atoms with van der Waals surface area (Å²) >= 11 is 0. The van der Waals surface area contributed by atoms with Crippen LogP contribution in [-0.2, 0) is 17.8 Å². The van der Waals surface area contributed by atoms with Crippen LogP contribution < -0.4 is 9.47 Å². The van der Waals surface area contributed by atoms with Crippen LogP contribution in [0.2, 0.25) is 0 Å². The van der Waals surface area contributed by atoms with Gasteiger partial charge in [0.25, 0.3) is 0 Å². The highest BCUT2D eigenvalue weighted by Crippen LogP contribution is 2.31. The molecular weight excluding hydrogens is 338 g/mol. The lowest BCUT2D eigenvalue weighted by molar-refractivity contribution is -0.130. The lowest BCUT2D eigenvalue weighted by atomic mass is 10.0. The highest BCUT2D eigenvalue weighted by atomic mass is 16.6. The first-order chi connectivity index (χ1) is 13.2.